The lowest BCUT2D eigenvalue weighted by Crippen LogP contribution is -2.35. The van der Waals surface area contributed by atoms with Crippen LogP contribution in [0.15, 0.2) is 24.3 Å². The van der Waals surface area contributed by atoms with Crippen LogP contribution in [0.5, 0.6) is 5.75 Å². The molecule has 0 fully saturated rings. The topological polar surface area (TPSA) is 69.0 Å². The number of nitrogens with zero attached hydrogens (tertiary/aromatic N) is 3. The van der Waals surface area contributed by atoms with E-state index < -0.39 is 34.6 Å². The molecule has 2 aromatic carbocycles. The molecule has 1 N–H and O–H groups in total. The van der Waals surface area contributed by atoms with Crippen molar-refractivity contribution in [3.05, 3.63) is 64.5 Å². The zero-order valence-electron chi connectivity index (χ0n) is 17.3. The normalized spacial score (nSPS) is 23.8. The van der Waals surface area contributed by atoms with Crippen LogP contribution in [0.3, 0.4) is 0 Å². The van der Waals surface area contributed by atoms with Gasteiger partial charge in [0, 0.05) is 36.2 Å². The molecule has 32 heavy (non-hydrogen) atoms. The summed E-state index contributed by atoms with van der Waals surface area (Å²) in [5, 5.41) is 10.9. The van der Waals surface area contributed by atoms with Crippen LogP contribution in [0.2, 0.25) is 0 Å². The number of aromatic nitrogens is 3. The van der Waals surface area contributed by atoms with E-state index in [2.05, 4.69) is 15.5 Å². The van der Waals surface area contributed by atoms with E-state index in [1.54, 1.807) is 17.6 Å². The number of benzene rings is 2. The summed E-state index contributed by atoms with van der Waals surface area (Å²) in [7, 11) is 0. The van der Waals surface area contributed by atoms with Crippen molar-refractivity contribution in [2.24, 2.45) is 5.92 Å². The van der Waals surface area contributed by atoms with Crippen molar-refractivity contribution in [1.29, 1.82) is 0 Å². The number of rotatable bonds is 3. The molecule has 0 radical (unpaired) electrons. The minimum Gasteiger partial charge on any atom is -0.473 e. The molecule has 6 nitrogen and oxygen atoms in total. The van der Waals surface area contributed by atoms with Gasteiger partial charge in [-0.25, -0.2) is 17.6 Å². The Kier molecular flexibility index (Phi) is 4.34. The SMILES string of the molecule is CC1C(C)C(C)(Oc2c(F)cc(F)cc2F)c2nnc(-c3cc4c(cc3F)C(=O)NC4)n21. The Morgan fingerprint density at radius 1 is 1.03 bits per heavy atom. The number of ether oxygens (including phenoxy) is 1. The van der Waals surface area contributed by atoms with Gasteiger partial charge in [-0.05, 0) is 31.5 Å². The van der Waals surface area contributed by atoms with Crippen LogP contribution in [-0.2, 0) is 12.1 Å². The molecule has 0 bridgehead atoms. The Morgan fingerprint density at radius 2 is 1.72 bits per heavy atom. The van der Waals surface area contributed by atoms with Gasteiger partial charge in [-0.2, -0.15) is 0 Å². The molecule has 0 aliphatic carbocycles. The lowest BCUT2D eigenvalue weighted by molar-refractivity contribution is 0.0231. The third-order valence-corrected chi connectivity index (χ3v) is 6.53. The average Bonchev–Trinajstić information content (AvgIpc) is 3.37. The van der Waals surface area contributed by atoms with E-state index in [4.69, 9.17) is 4.74 Å². The smallest absolute Gasteiger partial charge is 0.252 e. The number of nitrogens with one attached hydrogen (secondary N) is 1. The molecule has 1 aromatic heterocycles. The van der Waals surface area contributed by atoms with Crippen LogP contribution < -0.4 is 10.1 Å². The summed E-state index contributed by atoms with van der Waals surface area (Å²) < 4.78 is 64.3. The molecule has 3 atom stereocenters. The highest BCUT2D eigenvalue weighted by Crippen LogP contribution is 2.49. The van der Waals surface area contributed by atoms with Crippen molar-refractivity contribution in [2.75, 3.05) is 0 Å². The van der Waals surface area contributed by atoms with Gasteiger partial charge in [0.1, 0.15) is 11.6 Å². The second-order valence-electron chi connectivity index (χ2n) is 8.33. The first-order chi connectivity index (χ1) is 15.1. The molecule has 0 saturated heterocycles. The van der Waals surface area contributed by atoms with Crippen molar-refractivity contribution in [3.63, 3.8) is 0 Å². The van der Waals surface area contributed by atoms with E-state index in [1.807, 2.05) is 13.8 Å². The van der Waals surface area contributed by atoms with E-state index in [0.717, 1.165) is 6.07 Å². The summed E-state index contributed by atoms with van der Waals surface area (Å²) in [4.78, 5) is 11.8. The number of hydrogen-bond acceptors (Lipinski definition) is 4. The summed E-state index contributed by atoms with van der Waals surface area (Å²) in [6.07, 6.45) is 0. The van der Waals surface area contributed by atoms with E-state index in [1.165, 1.54) is 0 Å². The van der Waals surface area contributed by atoms with Crippen molar-refractivity contribution in [3.8, 4) is 17.1 Å². The molecule has 2 aliphatic heterocycles. The van der Waals surface area contributed by atoms with Crippen molar-refractivity contribution in [2.45, 2.75) is 39.0 Å². The quantitative estimate of drug-likeness (QED) is 0.611. The molecule has 10 heteroatoms. The first-order valence-corrected chi connectivity index (χ1v) is 10.0. The highest BCUT2D eigenvalue weighted by molar-refractivity contribution is 5.98. The standard InChI is InChI=1S/C22H18F4N4O2/c1-9-10(2)30-19(14-4-11-8-27-20(31)13(11)7-15(14)24)28-29-21(30)22(9,3)32-18-16(25)5-12(23)6-17(18)26/h4-7,9-10H,8H2,1-3H3,(H,27,31). The highest BCUT2D eigenvalue weighted by Gasteiger charge is 2.51. The predicted molar refractivity (Wildman–Crippen MR) is 105 cm³/mol. The van der Waals surface area contributed by atoms with Gasteiger partial charge in [-0.1, -0.05) is 6.92 Å². The highest BCUT2D eigenvalue weighted by atomic mass is 19.1. The van der Waals surface area contributed by atoms with Crippen molar-refractivity contribution < 1.29 is 27.1 Å². The van der Waals surface area contributed by atoms with Crippen LogP contribution in [0.25, 0.3) is 11.4 Å². The summed E-state index contributed by atoms with van der Waals surface area (Å²) in [6, 6.07) is 3.47. The number of amides is 1. The lowest BCUT2D eigenvalue weighted by Gasteiger charge is -2.30. The number of carbonyl (C=O) groups is 1. The first-order valence-electron chi connectivity index (χ1n) is 10.0. The van der Waals surface area contributed by atoms with Gasteiger partial charge in [0.2, 0.25) is 0 Å². The molecular formula is C22H18F4N4O2. The molecule has 3 unspecified atom stereocenters. The Bertz CT molecular complexity index is 1270. The second-order valence-corrected chi connectivity index (χ2v) is 8.33. The summed E-state index contributed by atoms with van der Waals surface area (Å²) in [5.41, 5.74) is -0.267. The molecular weight excluding hydrogens is 428 g/mol. The first kappa shape index (κ1) is 20.5. The fraction of sp³-hybridized carbons (Fsp3) is 0.318. The second kappa shape index (κ2) is 6.78. The third-order valence-electron chi connectivity index (χ3n) is 6.53. The fourth-order valence-electron chi connectivity index (χ4n) is 4.48. The molecule has 2 aliphatic rings. The largest absolute Gasteiger partial charge is 0.473 e. The van der Waals surface area contributed by atoms with E-state index in [9.17, 15) is 22.4 Å². The Balaban J connectivity index is 1.62. The van der Waals surface area contributed by atoms with Crippen LogP contribution in [-0.4, -0.2) is 20.7 Å². The van der Waals surface area contributed by atoms with Gasteiger partial charge >= 0.3 is 0 Å². The zero-order chi connectivity index (χ0) is 22.9. The molecule has 3 heterocycles. The maximum absolute atomic E-state index is 14.9. The van der Waals surface area contributed by atoms with Crippen LogP contribution in [0, 0.1) is 29.2 Å². The van der Waals surface area contributed by atoms with Crippen LogP contribution in [0.4, 0.5) is 17.6 Å². The molecule has 166 valence electrons. The predicted octanol–water partition coefficient (Wildman–Crippen LogP) is 4.25. The van der Waals surface area contributed by atoms with Gasteiger partial charge < -0.3 is 14.6 Å². The summed E-state index contributed by atoms with van der Waals surface area (Å²) in [6.45, 7) is 5.53. The van der Waals surface area contributed by atoms with Gasteiger partial charge in [0.15, 0.2) is 34.6 Å². The third kappa shape index (κ3) is 2.74. The number of fused-ring (bicyclic) bond motifs is 2. The monoisotopic (exact) mass is 446 g/mol. The van der Waals surface area contributed by atoms with Crippen molar-refractivity contribution >= 4 is 5.91 Å². The molecule has 0 spiro atoms. The minimum atomic E-state index is -1.32. The zero-order valence-corrected chi connectivity index (χ0v) is 17.3. The van der Waals surface area contributed by atoms with Gasteiger partial charge in [0.25, 0.3) is 5.91 Å². The van der Waals surface area contributed by atoms with E-state index in [0.29, 0.717) is 17.7 Å². The van der Waals surface area contributed by atoms with Crippen LogP contribution >= 0.6 is 0 Å². The summed E-state index contributed by atoms with van der Waals surface area (Å²) >= 11 is 0. The van der Waals surface area contributed by atoms with Crippen molar-refractivity contribution in [1.82, 2.24) is 20.1 Å². The van der Waals surface area contributed by atoms with E-state index >= 15 is 0 Å². The molecule has 1 amide bonds. The lowest BCUT2D eigenvalue weighted by atomic mass is 9.88. The molecule has 5 rings (SSSR count). The fourth-order valence-corrected chi connectivity index (χ4v) is 4.48. The van der Waals surface area contributed by atoms with Gasteiger partial charge in [-0.3, -0.25) is 4.79 Å². The van der Waals surface area contributed by atoms with Gasteiger partial charge in [0.05, 0.1) is 5.56 Å². The number of halogens is 4. The Morgan fingerprint density at radius 3 is 2.41 bits per heavy atom. The number of hydrogen-bond donors (Lipinski definition) is 1. The van der Waals surface area contributed by atoms with E-state index in [-0.39, 0.29) is 47.2 Å². The number of carbonyl (C=O) groups excluding carboxylic acids is 1. The molecule has 3 aromatic rings. The molecule has 0 saturated carbocycles. The Hall–Kier alpha value is -3.43. The van der Waals surface area contributed by atoms with Gasteiger partial charge in [-0.15, -0.1) is 10.2 Å². The minimum absolute atomic E-state index is 0.154. The summed E-state index contributed by atoms with van der Waals surface area (Å²) in [5.74, 6) is -5.00. The maximum Gasteiger partial charge on any atom is 0.252 e. The average molecular weight is 446 g/mol. The maximum atomic E-state index is 14.9. The van der Waals surface area contributed by atoms with Crippen LogP contribution in [0.1, 0.15) is 48.6 Å². The Labute approximate surface area is 180 Å².